The number of hydrogen-bond acceptors (Lipinski definition) is 3. The highest BCUT2D eigenvalue weighted by Crippen LogP contribution is 2.28. The monoisotopic (exact) mass is 290 g/mol. The van der Waals surface area contributed by atoms with Crippen molar-refractivity contribution in [1.29, 1.82) is 0 Å². The standard InChI is InChI=1S/C13H18N2O.2ClH/c1-2-7-15(6-1)12-4-3-11-10-14-5-8-16-13(11)9-12;;/h3-4,9,14H,1-2,5-8,10H2;2*1H. The van der Waals surface area contributed by atoms with E-state index in [2.05, 4.69) is 28.4 Å². The van der Waals surface area contributed by atoms with Gasteiger partial charge in [0.1, 0.15) is 12.4 Å². The van der Waals surface area contributed by atoms with Crippen LogP contribution in [0.5, 0.6) is 5.75 Å². The Labute approximate surface area is 121 Å². The highest BCUT2D eigenvalue weighted by molar-refractivity contribution is 5.85. The van der Waals surface area contributed by atoms with Gasteiger partial charge in [-0.1, -0.05) is 6.07 Å². The number of halogens is 2. The summed E-state index contributed by atoms with van der Waals surface area (Å²) in [5, 5.41) is 3.35. The van der Waals surface area contributed by atoms with Crippen LogP contribution in [0.15, 0.2) is 18.2 Å². The summed E-state index contributed by atoms with van der Waals surface area (Å²) >= 11 is 0. The van der Waals surface area contributed by atoms with E-state index in [1.54, 1.807) is 0 Å². The van der Waals surface area contributed by atoms with Crippen LogP contribution in [0.3, 0.4) is 0 Å². The lowest BCUT2D eigenvalue weighted by Gasteiger charge is -2.19. The molecule has 2 heterocycles. The first kappa shape index (κ1) is 15.4. The van der Waals surface area contributed by atoms with Crippen LogP contribution in [-0.2, 0) is 6.54 Å². The van der Waals surface area contributed by atoms with Crippen molar-refractivity contribution in [3.8, 4) is 5.75 Å². The average Bonchev–Trinajstić information content (AvgIpc) is 2.74. The van der Waals surface area contributed by atoms with E-state index in [9.17, 15) is 0 Å². The zero-order valence-electron chi connectivity index (χ0n) is 10.4. The van der Waals surface area contributed by atoms with Gasteiger partial charge in [0.15, 0.2) is 0 Å². The van der Waals surface area contributed by atoms with Gasteiger partial charge in [-0.2, -0.15) is 0 Å². The zero-order valence-corrected chi connectivity index (χ0v) is 12.0. The van der Waals surface area contributed by atoms with Gasteiger partial charge in [-0.05, 0) is 18.9 Å². The number of hydrogen-bond donors (Lipinski definition) is 1. The lowest BCUT2D eigenvalue weighted by molar-refractivity contribution is 0.326. The highest BCUT2D eigenvalue weighted by Gasteiger charge is 2.15. The fraction of sp³-hybridized carbons (Fsp3) is 0.538. The molecule has 5 heteroatoms. The number of ether oxygens (including phenoxy) is 1. The first-order valence-electron chi connectivity index (χ1n) is 6.15. The molecule has 0 aromatic heterocycles. The van der Waals surface area contributed by atoms with Gasteiger partial charge in [0, 0.05) is 43.5 Å². The van der Waals surface area contributed by atoms with Crippen LogP contribution in [-0.4, -0.2) is 26.2 Å². The molecule has 1 fully saturated rings. The van der Waals surface area contributed by atoms with Gasteiger partial charge in [0.2, 0.25) is 0 Å². The quantitative estimate of drug-likeness (QED) is 0.861. The van der Waals surface area contributed by atoms with E-state index in [-0.39, 0.29) is 24.8 Å². The largest absolute Gasteiger partial charge is 0.492 e. The molecule has 2 aliphatic heterocycles. The second-order valence-electron chi connectivity index (χ2n) is 4.51. The third-order valence-electron chi connectivity index (χ3n) is 3.37. The predicted molar refractivity (Wildman–Crippen MR) is 79.6 cm³/mol. The molecule has 18 heavy (non-hydrogen) atoms. The molecule has 3 nitrogen and oxygen atoms in total. The summed E-state index contributed by atoms with van der Waals surface area (Å²) in [6.07, 6.45) is 2.64. The molecule has 0 radical (unpaired) electrons. The third kappa shape index (κ3) is 3.22. The Bertz CT molecular complexity index is 381. The Morgan fingerprint density at radius 1 is 1.11 bits per heavy atom. The maximum atomic E-state index is 5.76. The SMILES string of the molecule is Cl.Cl.c1cc2c(cc1N1CCCC1)OCCNC2. The van der Waals surface area contributed by atoms with Crippen LogP contribution in [0, 0.1) is 0 Å². The Balaban J connectivity index is 0.000000810. The summed E-state index contributed by atoms with van der Waals surface area (Å²) in [6, 6.07) is 6.62. The number of nitrogens with zero attached hydrogens (tertiary/aromatic N) is 1. The van der Waals surface area contributed by atoms with Crippen LogP contribution in [0.2, 0.25) is 0 Å². The Hall–Kier alpha value is -0.640. The molecule has 102 valence electrons. The molecule has 0 saturated carbocycles. The molecule has 0 unspecified atom stereocenters. The highest BCUT2D eigenvalue weighted by atomic mass is 35.5. The molecule has 1 N–H and O–H groups in total. The van der Waals surface area contributed by atoms with E-state index < -0.39 is 0 Å². The maximum absolute atomic E-state index is 5.76. The summed E-state index contributed by atoms with van der Waals surface area (Å²) in [5.74, 6) is 1.06. The third-order valence-corrected chi connectivity index (χ3v) is 3.37. The fourth-order valence-electron chi connectivity index (χ4n) is 2.45. The summed E-state index contributed by atoms with van der Waals surface area (Å²) < 4.78 is 5.76. The van der Waals surface area contributed by atoms with Crippen LogP contribution < -0.4 is 15.0 Å². The van der Waals surface area contributed by atoms with Gasteiger partial charge in [0.25, 0.3) is 0 Å². The average molecular weight is 291 g/mol. The smallest absolute Gasteiger partial charge is 0.125 e. The summed E-state index contributed by atoms with van der Waals surface area (Å²) in [4.78, 5) is 2.45. The molecule has 0 amide bonds. The van der Waals surface area contributed by atoms with E-state index in [1.165, 1.54) is 37.2 Å². The number of benzene rings is 1. The Morgan fingerprint density at radius 3 is 2.67 bits per heavy atom. The van der Waals surface area contributed by atoms with Crippen molar-refractivity contribution in [2.24, 2.45) is 0 Å². The van der Waals surface area contributed by atoms with Crippen LogP contribution in [0.4, 0.5) is 5.69 Å². The Kier molecular flexibility index (Phi) is 6.06. The van der Waals surface area contributed by atoms with Crippen molar-refractivity contribution >= 4 is 30.5 Å². The van der Waals surface area contributed by atoms with Crippen molar-refractivity contribution in [2.75, 3.05) is 31.1 Å². The first-order valence-corrected chi connectivity index (χ1v) is 6.15. The molecular formula is C13H20Cl2N2O. The molecule has 1 aromatic rings. The molecule has 0 atom stereocenters. The van der Waals surface area contributed by atoms with Crippen LogP contribution >= 0.6 is 24.8 Å². The van der Waals surface area contributed by atoms with Crippen molar-refractivity contribution in [2.45, 2.75) is 19.4 Å². The van der Waals surface area contributed by atoms with Crippen LogP contribution in [0.25, 0.3) is 0 Å². The van der Waals surface area contributed by atoms with E-state index in [1.807, 2.05) is 0 Å². The lowest BCUT2D eigenvalue weighted by atomic mass is 10.1. The Morgan fingerprint density at radius 2 is 1.89 bits per heavy atom. The minimum Gasteiger partial charge on any atom is -0.492 e. The van der Waals surface area contributed by atoms with Crippen molar-refractivity contribution in [3.05, 3.63) is 23.8 Å². The summed E-state index contributed by atoms with van der Waals surface area (Å²) in [7, 11) is 0. The van der Waals surface area contributed by atoms with E-state index >= 15 is 0 Å². The molecule has 2 aliphatic rings. The number of rotatable bonds is 1. The van der Waals surface area contributed by atoms with Gasteiger partial charge < -0.3 is 15.0 Å². The van der Waals surface area contributed by atoms with Gasteiger partial charge in [-0.25, -0.2) is 0 Å². The number of nitrogens with one attached hydrogen (secondary N) is 1. The molecule has 0 bridgehead atoms. The molecule has 0 aliphatic carbocycles. The topological polar surface area (TPSA) is 24.5 Å². The minimum atomic E-state index is 0. The second kappa shape index (κ2) is 7.07. The molecule has 3 rings (SSSR count). The fourth-order valence-corrected chi connectivity index (χ4v) is 2.45. The van der Waals surface area contributed by atoms with Gasteiger partial charge >= 0.3 is 0 Å². The van der Waals surface area contributed by atoms with Crippen molar-refractivity contribution < 1.29 is 4.74 Å². The zero-order chi connectivity index (χ0) is 10.8. The van der Waals surface area contributed by atoms with Crippen molar-refractivity contribution in [1.82, 2.24) is 5.32 Å². The molecule has 0 spiro atoms. The number of fused-ring (bicyclic) bond motifs is 1. The molecule has 1 saturated heterocycles. The predicted octanol–water partition coefficient (Wildman–Crippen LogP) is 2.61. The lowest BCUT2D eigenvalue weighted by Crippen LogP contribution is -2.17. The van der Waals surface area contributed by atoms with E-state index in [0.29, 0.717) is 0 Å². The summed E-state index contributed by atoms with van der Waals surface area (Å²) in [5.41, 5.74) is 2.60. The van der Waals surface area contributed by atoms with Gasteiger partial charge in [-0.3, -0.25) is 0 Å². The molecular weight excluding hydrogens is 271 g/mol. The normalized spacial score (nSPS) is 17.9. The van der Waals surface area contributed by atoms with E-state index in [4.69, 9.17) is 4.74 Å². The van der Waals surface area contributed by atoms with Gasteiger partial charge in [0.05, 0.1) is 0 Å². The van der Waals surface area contributed by atoms with E-state index in [0.717, 1.165) is 25.4 Å². The first-order chi connectivity index (χ1) is 7.93. The second-order valence-corrected chi connectivity index (χ2v) is 4.51. The van der Waals surface area contributed by atoms with Gasteiger partial charge in [-0.15, -0.1) is 24.8 Å². The summed E-state index contributed by atoms with van der Waals surface area (Å²) in [6.45, 7) is 5.02. The minimum absolute atomic E-state index is 0. The van der Waals surface area contributed by atoms with Crippen LogP contribution in [0.1, 0.15) is 18.4 Å². The number of anilines is 1. The maximum Gasteiger partial charge on any atom is 0.125 e. The molecule has 1 aromatic carbocycles. The van der Waals surface area contributed by atoms with Crippen molar-refractivity contribution in [3.63, 3.8) is 0 Å².